The highest BCUT2D eigenvalue weighted by Crippen LogP contribution is 2.28. The summed E-state index contributed by atoms with van der Waals surface area (Å²) in [5.74, 6) is 0.234. The highest BCUT2D eigenvalue weighted by molar-refractivity contribution is 5.72. The van der Waals surface area contributed by atoms with E-state index in [2.05, 4.69) is 15.3 Å². The molecule has 0 atom stereocenters. The fraction of sp³-hybridized carbons (Fsp3) is 0.231. The molecule has 0 amide bonds. The summed E-state index contributed by atoms with van der Waals surface area (Å²) in [5.41, 5.74) is 7.37. The number of anilines is 3. The van der Waals surface area contributed by atoms with Gasteiger partial charge in [-0.1, -0.05) is 6.07 Å². The van der Waals surface area contributed by atoms with E-state index >= 15 is 0 Å². The third kappa shape index (κ3) is 2.90. The van der Waals surface area contributed by atoms with Gasteiger partial charge < -0.3 is 15.8 Å². The minimum absolute atomic E-state index is 0.255. The Morgan fingerprint density at radius 2 is 2.16 bits per heavy atom. The maximum absolute atomic E-state index is 13.7. The highest BCUT2D eigenvalue weighted by Gasteiger charge is 2.11. The minimum Gasteiger partial charge on any atom is -0.476 e. The number of hydrogen-bond acceptors (Lipinski definition) is 5. The van der Waals surface area contributed by atoms with Gasteiger partial charge in [-0.15, -0.1) is 0 Å². The van der Waals surface area contributed by atoms with Crippen LogP contribution in [0.1, 0.15) is 12.5 Å². The zero-order chi connectivity index (χ0) is 13.8. The molecule has 0 unspecified atom stereocenters. The molecule has 0 aliphatic carbocycles. The molecule has 2 rings (SSSR count). The first-order valence-electron chi connectivity index (χ1n) is 5.88. The lowest BCUT2D eigenvalue weighted by molar-refractivity contribution is 0.328. The Balaban J connectivity index is 2.33. The summed E-state index contributed by atoms with van der Waals surface area (Å²) in [7, 11) is 0. The molecule has 1 aromatic carbocycles. The Kier molecular flexibility index (Phi) is 3.79. The van der Waals surface area contributed by atoms with E-state index in [1.807, 2.05) is 13.8 Å². The summed E-state index contributed by atoms with van der Waals surface area (Å²) in [6, 6.07) is 4.76. The van der Waals surface area contributed by atoms with Crippen LogP contribution in [0.3, 0.4) is 0 Å². The molecule has 0 spiro atoms. The Bertz CT molecular complexity index is 589. The largest absolute Gasteiger partial charge is 0.476 e. The van der Waals surface area contributed by atoms with Crippen LogP contribution in [0.2, 0.25) is 0 Å². The van der Waals surface area contributed by atoms with E-state index in [0.29, 0.717) is 18.1 Å². The molecule has 5 nitrogen and oxygen atoms in total. The summed E-state index contributed by atoms with van der Waals surface area (Å²) in [6.45, 7) is 4.15. The topological polar surface area (TPSA) is 73.1 Å². The minimum atomic E-state index is -0.374. The first-order valence-corrected chi connectivity index (χ1v) is 5.88. The van der Waals surface area contributed by atoms with Crippen molar-refractivity contribution in [1.29, 1.82) is 0 Å². The van der Waals surface area contributed by atoms with Crippen molar-refractivity contribution in [2.75, 3.05) is 17.7 Å². The summed E-state index contributed by atoms with van der Waals surface area (Å²) in [5, 5.41) is 2.85. The monoisotopic (exact) mass is 262 g/mol. The average Bonchev–Trinajstić information content (AvgIpc) is 2.39. The van der Waals surface area contributed by atoms with Gasteiger partial charge in [0.15, 0.2) is 5.82 Å². The van der Waals surface area contributed by atoms with Crippen LogP contribution in [-0.2, 0) is 0 Å². The van der Waals surface area contributed by atoms with E-state index in [-0.39, 0.29) is 17.4 Å². The predicted molar refractivity (Wildman–Crippen MR) is 72.0 cm³/mol. The molecule has 3 N–H and O–H groups in total. The molecule has 19 heavy (non-hydrogen) atoms. The Labute approximate surface area is 110 Å². The van der Waals surface area contributed by atoms with Gasteiger partial charge in [-0.3, -0.25) is 0 Å². The van der Waals surface area contributed by atoms with Gasteiger partial charge in [0, 0.05) is 0 Å². The number of rotatable bonds is 4. The van der Waals surface area contributed by atoms with Crippen LogP contribution in [0.25, 0.3) is 0 Å². The Morgan fingerprint density at radius 1 is 1.37 bits per heavy atom. The van der Waals surface area contributed by atoms with Gasteiger partial charge in [-0.05, 0) is 31.5 Å². The lowest BCUT2D eigenvalue weighted by Crippen LogP contribution is -2.05. The Hall–Kier alpha value is -2.37. The number of nitrogens with one attached hydrogen (secondary N) is 1. The zero-order valence-electron chi connectivity index (χ0n) is 10.8. The van der Waals surface area contributed by atoms with Crippen LogP contribution in [0, 0.1) is 12.7 Å². The molecular weight excluding hydrogens is 247 g/mol. The number of halogens is 1. The molecule has 0 bridgehead atoms. The van der Waals surface area contributed by atoms with Gasteiger partial charge in [0.1, 0.15) is 17.8 Å². The molecule has 1 aromatic heterocycles. The van der Waals surface area contributed by atoms with E-state index in [1.54, 1.807) is 12.1 Å². The fourth-order valence-electron chi connectivity index (χ4n) is 1.59. The number of aromatic nitrogens is 2. The fourth-order valence-corrected chi connectivity index (χ4v) is 1.59. The van der Waals surface area contributed by atoms with E-state index < -0.39 is 0 Å². The second-order valence-corrected chi connectivity index (χ2v) is 3.98. The number of nitrogen functional groups attached to an aromatic ring is 1. The zero-order valence-corrected chi connectivity index (χ0v) is 10.8. The lowest BCUT2D eigenvalue weighted by Gasteiger charge is -2.12. The van der Waals surface area contributed by atoms with Crippen LogP contribution in [-0.4, -0.2) is 16.6 Å². The van der Waals surface area contributed by atoms with Gasteiger partial charge in [0.05, 0.1) is 12.3 Å². The second kappa shape index (κ2) is 5.51. The van der Waals surface area contributed by atoms with Crippen molar-refractivity contribution in [2.24, 2.45) is 0 Å². The normalized spacial score (nSPS) is 10.3. The van der Waals surface area contributed by atoms with Crippen LogP contribution in [0.15, 0.2) is 24.5 Å². The van der Waals surface area contributed by atoms with E-state index in [1.165, 1.54) is 12.4 Å². The standard InChI is InChI=1S/C13H15FN4O/c1-3-19-13-11(15)12(16-7-17-13)18-10-6-8(2)4-5-9(10)14/h4-7H,3,15H2,1-2H3,(H,16,17,18). The van der Waals surface area contributed by atoms with Crippen molar-refractivity contribution in [3.8, 4) is 5.88 Å². The highest BCUT2D eigenvalue weighted by atomic mass is 19.1. The number of nitrogens with zero attached hydrogens (tertiary/aromatic N) is 2. The van der Waals surface area contributed by atoms with Crippen molar-refractivity contribution < 1.29 is 9.13 Å². The molecule has 6 heteroatoms. The summed E-state index contributed by atoms with van der Waals surface area (Å²) < 4.78 is 18.9. The van der Waals surface area contributed by atoms with Crippen LogP contribution in [0.5, 0.6) is 5.88 Å². The van der Waals surface area contributed by atoms with Crippen LogP contribution < -0.4 is 15.8 Å². The second-order valence-electron chi connectivity index (χ2n) is 3.98. The molecule has 0 saturated carbocycles. The van der Waals surface area contributed by atoms with Crippen LogP contribution in [0.4, 0.5) is 21.6 Å². The van der Waals surface area contributed by atoms with Crippen molar-refractivity contribution in [1.82, 2.24) is 9.97 Å². The van der Waals surface area contributed by atoms with Crippen molar-refractivity contribution in [3.63, 3.8) is 0 Å². The molecule has 100 valence electrons. The molecule has 0 saturated heterocycles. The first kappa shape index (κ1) is 13.1. The van der Waals surface area contributed by atoms with Gasteiger partial charge in [-0.25, -0.2) is 9.37 Å². The van der Waals surface area contributed by atoms with E-state index in [9.17, 15) is 4.39 Å². The molecule has 0 aliphatic rings. The number of nitrogens with two attached hydrogens (primary N) is 1. The van der Waals surface area contributed by atoms with E-state index in [0.717, 1.165) is 5.56 Å². The quantitative estimate of drug-likeness (QED) is 0.886. The third-order valence-corrected chi connectivity index (χ3v) is 2.50. The van der Waals surface area contributed by atoms with Gasteiger partial charge in [0.2, 0.25) is 5.88 Å². The SMILES string of the molecule is CCOc1ncnc(Nc2cc(C)ccc2F)c1N. The maximum Gasteiger partial charge on any atom is 0.242 e. The summed E-state index contributed by atoms with van der Waals surface area (Å²) in [4.78, 5) is 7.91. The van der Waals surface area contributed by atoms with Crippen LogP contribution >= 0.6 is 0 Å². The number of hydrogen-bond donors (Lipinski definition) is 2. The van der Waals surface area contributed by atoms with Crippen molar-refractivity contribution in [3.05, 3.63) is 35.9 Å². The molecule has 0 fully saturated rings. The number of ether oxygens (including phenoxy) is 1. The average molecular weight is 262 g/mol. The molecular formula is C13H15FN4O. The third-order valence-electron chi connectivity index (χ3n) is 2.50. The molecule has 2 aromatic rings. The van der Waals surface area contributed by atoms with Gasteiger partial charge >= 0.3 is 0 Å². The molecule has 0 radical (unpaired) electrons. The van der Waals surface area contributed by atoms with Crippen molar-refractivity contribution >= 4 is 17.2 Å². The first-order chi connectivity index (χ1) is 9.11. The summed E-state index contributed by atoms with van der Waals surface area (Å²) >= 11 is 0. The number of benzene rings is 1. The maximum atomic E-state index is 13.7. The number of aryl methyl sites for hydroxylation is 1. The van der Waals surface area contributed by atoms with Crippen molar-refractivity contribution in [2.45, 2.75) is 13.8 Å². The molecule has 0 aliphatic heterocycles. The summed E-state index contributed by atoms with van der Waals surface area (Å²) in [6.07, 6.45) is 1.32. The van der Waals surface area contributed by atoms with E-state index in [4.69, 9.17) is 10.5 Å². The smallest absolute Gasteiger partial charge is 0.242 e. The Morgan fingerprint density at radius 3 is 2.89 bits per heavy atom. The molecule has 1 heterocycles. The lowest BCUT2D eigenvalue weighted by atomic mass is 10.2. The van der Waals surface area contributed by atoms with Gasteiger partial charge in [-0.2, -0.15) is 4.98 Å². The predicted octanol–water partition coefficient (Wildman–Crippen LogP) is 2.65. The van der Waals surface area contributed by atoms with Gasteiger partial charge in [0.25, 0.3) is 0 Å².